The third-order valence-electron chi connectivity index (χ3n) is 2.93. The molecule has 0 atom stereocenters. The van der Waals surface area contributed by atoms with Crippen molar-refractivity contribution in [2.45, 2.75) is 27.2 Å². The van der Waals surface area contributed by atoms with Gasteiger partial charge in [0.25, 0.3) is 0 Å². The highest BCUT2D eigenvalue weighted by molar-refractivity contribution is 5.69. The van der Waals surface area contributed by atoms with Gasteiger partial charge in [-0.15, -0.1) is 0 Å². The van der Waals surface area contributed by atoms with Crippen molar-refractivity contribution in [2.75, 3.05) is 0 Å². The molecule has 0 saturated carbocycles. The van der Waals surface area contributed by atoms with E-state index < -0.39 is 0 Å². The molecule has 0 amide bonds. The van der Waals surface area contributed by atoms with Crippen molar-refractivity contribution in [1.29, 1.82) is 0 Å². The molecular weight excluding hydrogens is 182 g/mol. The van der Waals surface area contributed by atoms with Crippen LogP contribution in [-0.2, 0) is 6.42 Å². The van der Waals surface area contributed by atoms with Crippen LogP contribution in [0.1, 0.15) is 31.9 Å². The van der Waals surface area contributed by atoms with Crippen molar-refractivity contribution in [3.8, 4) is 0 Å². The van der Waals surface area contributed by atoms with Crippen LogP contribution in [0.3, 0.4) is 0 Å². The molecule has 0 heterocycles. The molecule has 0 N–H and O–H groups in total. The zero-order chi connectivity index (χ0) is 11.1. The second-order valence-corrected chi connectivity index (χ2v) is 5.09. The SMILES string of the molecule is [C-]#[N+]c1ccc2c(c1)C=C(C(C)(C)C)C2. The second kappa shape index (κ2) is 3.24. The van der Waals surface area contributed by atoms with E-state index in [9.17, 15) is 0 Å². The van der Waals surface area contributed by atoms with E-state index >= 15 is 0 Å². The summed E-state index contributed by atoms with van der Waals surface area (Å²) in [5.41, 5.74) is 5.01. The average molecular weight is 197 g/mol. The Hall–Kier alpha value is -1.55. The van der Waals surface area contributed by atoms with Crippen molar-refractivity contribution in [2.24, 2.45) is 5.41 Å². The summed E-state index contributed by atoms with van der Waals surface area (Å²) < 4.78 is 0. The predicted molar refractivity (Wildman–Crippen MR) is 63.8 cm³/mol. The van der Waals surface area contributed by atoms with Gasteiger partial charge in [-0.25, -0.2) is 4.85 Å². The lowest BCUT2D eigenvalue weighted by Gasteiger charge is -2.19. The zero-order valence-electron chi connectivity index (χ0n) is 9.46. The van der Waals surface area contributed by atoms with Crippen LogP contribution in [0.2, 0.25) is 0 Å². The van der Waals surface area contributed by atoms with Gasteiger partial charge < -0.3 is 0 Å². The van der Waals surface area contributed by atoms with Gasteiger partial charge in [0.1, 0.15) is 0 Å². The van der Waals surface area contributed by atoms with Gasteiger partial charge in [-0.05, 0) is 29.0 Å². The molecule has 0 radical (unpaired) electrons. The number of hydrogen-bond acceptors (Lipinski definition) is 0. The maximum absolute atomic E-state index is 6.98. The van der Waals surface area contributed by atoms with Crippen LogP contribution < -0.4 is 0 Å². The third-order valence-corrected chi connectivity index (χ3v) is 2.93. The lowest BCUT2D eigenvalue weighted by Crippen LogP contribution is -2.08. The molecule has 1 nitrogen and oxygen atoms in total. The van der Waals surface area contributed by atoms with Crippen molar-refractivity contribution < 1.29 is 0 Å². The highest BCUT2D eigenvalue weighted by atomic mass is 14.6. The summed E-state index contributed by atoms with van der Waals surface area (Å²) in [6, 6.07) is 5.98. The van der Waals surface area contributed by atoms with E-state index in [0.717, 1.165) is 12.1 Å². The van der Waals surface area contributed by atoms with Crippen molar-refractivity contribution >= 4 is 11.8 Å². The van der Waals surface area contributed by atoms with E-state index in [1.54, 1.807) is 0 Å². The lowest BCUT2D eigenvalue weighted by atomic mass is 9.85. The molecule has 1 aromatic rings. The molecule has 0 unspecified atom stereocenters. The fourth-order valence-corrected chi connectivity index (χ4v) is 1.87. The number of fused-ring (bicyclic) bond motifs is 1. The normalized spacial score (nSPS) is 14.4. The van der Waals surface area contributed by atoms with Crippen LogP contribution in [0.4, 0.5) is 5.69 Å². The van der Waals surface area contributed by atoms with E-state index in [0.29, 0.717) is 0 Å². The standard InChI is InChI=1S/C14H15N/c1-14(2,3)12-7-10-5-6-13(15-4)9-11(10)8-12/h5-6,8-9H,7H2,1-3H3. The quantitative estimate of drug-likeness (QED) is 0.548. The third kappa shape index (κ3) is 1.80. The monoisotopic (exact) mass is 197 g/mol. The summed E-state index contributed by atoms with van der Waals surface area (Å²) >= 11 is 0. The van der Waals surface area contributed by atoms with Gasteiger partial charge in [0.15, 0.2) is 5.69 Å². The molecule has 0 saturated heterocycles. The van der Waals surface area contributed by atoms with E-state index in [-0.39, 0.29) is 5.41 Å². The molecule has 1 aliphatic carbocycles. The summed E-state index contributed by atoms with van der Waals surface area (Å²) in [7, 11) is 0. The molecule has 0 aliphatic heterocycles. The van der Waals surface area contributed by atoms with Gasteiger partial charge in [0.2, 0.25) is 0 Å². The van der Waals surface area contributed by atoms with Crippen molar-refractivity contribution in [3.63, 3.8) is 0 Å². The zero-order valence-corrected chi connectivity index (χ0v) is 9.46. The molecular formula is C14H15N. The minimum Gasteiger partial charge on any atom is -0.238 e. The molecule has 0 spiro atoms. The Bertz CT molecular complexity index is 467. The minimum atomic E-state index is 0.233. The van der Waals surface area contributed by atoms with Crippen LogP contribution in [0.5, 0.6) is 0 Å². The fourth-order valence-electron chi connectivity index (χ4n) is 1.87. The molecule has 15 heavy (non-hydrogen) atoms. The Morgan fingerprint density at radius 1 is 1.27 bits per heavy atom. The number of benzene rings is 1. The fraction of sp³-hybridized carbons (Fsp3) is 0.357. The Labute approximate surface area is 91.3 Å². The molecule has 1 aromatic carbocycles. The van der Waals surface area contributed by atoms with E-state index in [4.69, 9.17) is 6.57 Å². The van der Waals surface area contributed by atoms with Gasteiger partial charge >= 0.3 is 0 Å². The number of rotatable bonds is 0. The first-order valence-corrected chi connectivity index (χ1v) is 5.22. The molecule has 1 heteroatoms. The highest BCUT2D eigenvalue weighted by Crippen LogP contribution is 2.37. The van der Waals surface area contributed by atoms with E-state index in [2.05, 4.69) is 37.8 Å². The number of allylic oxidation sites excluding steroid dienone is 1. The van der Waals surface area contributed by atoms with Crippen LogP contribution in [-0.4, -0.2) is 0 Å². The number of nitrogens with zero attached hydrogens (tertiary/aromatic N) is 1. The first-order valence-electron chi connectivity index (χ1n) is 5.22. The minimum absolute atomic E-state index is 0.233. The Balaban J connectivity index is 2.41. The first-order chi connectivity index (χ1) is 7.00. The van der Waals surface area contributed by atoms with Crippen LogP contribution in [0.15, 0.2) is 23.8 Å². The van der Waals surface area contributed by atoms with Crippen LogP contribution >= 0.6 is 0 Å². The van der Waals surface area contributed by atoms with Gasteiger partial charge in [-0.2, -0.15) is 0 Å². The molecule has 0 aromatic heterocycles. The molecule has 0 bridgehead atoms. The lowest BCUT2D eigenvalue weighted by molar-refractivity contribution is 0.498. The molecule has 1 aliphatic rings. The summed E-state index contributed by atoms with van der Waals surface area (Å²) in [6.07, 6.45) is 3.28. The molecule has 2 rings (SSSR count). The summed E-state index contributed by atoms with van der Waals surface area (Å²) in [6.45, 7) is 13.7. The largest absolute Gasteiger partial charge is 0.238 e. The highest BCUT2D eigenvalue weighted by Gasteiger charge is 2.22. The van der Waals surface area contributed by atoms with Gasteiger partial charge in [-0.1, -0.05) is 44.6 Å². The van der Waals surface area contributed by atoms with Gasteiger partial charge in [0, 0.05) is 0 Å². The number of hydrogen-bond donors (Lipinski definition) is 0. The average Bonchev–Trinajstić information content (AvgIpc) is 2.59. The first kappa shape index (κ1) is 9.98. The molecule has 0 fully saturated rings. The van der Waals surface area contributed by atoms with Crippen molar-refractivity contribution in [3.05, 3.63) is 46.3 Å². The van der Waals surface area contributed by atoms with Crippen molar-refractivity contribution in [1.82, 2.24) is 0 Å². The Kier molecular flexibility index (Phi) is 2.16. The topological polar surface area (TPSA) is 4.36 Å². The van der Waals surface area contributed by atoms with E-state index in [1.807, 2.05) is 12.1 Å². The summed E-state index contributed by atoms with van der Waals surface area (Å²) in [4.78, 5) is 3.46. The van der Waals surface area contributed by atoms with Gasteiger partial charge in [0.05, 0.1) is 6.57 Å². The van der Waals surface area contributed by atoms with E-state index in [1.165, 1.54) is 16.7 Å². The van der Waals surface area contributed by atoms with Gasteiger partial charge in [-0.3, -0.25) is 0 Å². The summed E-state index contributed by atoms with van der Waals surface area (Å²) in [5, 5.41) is 0. The second-order valence-electron chi connectivity index (χ2n) is 5.09. The maximum Gasteiger partial charge on any atom is 0.187 e. The van der Waals surface area contributed by atoms with Crippen LogP contribution in [0.25, 0.3) is 10.9 Å². The smallest absolute Gasteiger partial charge is 0.187 e. The van der Waals surface area contributed by atoms with Crippen LogP contribution in [0, 0.1) is 12.0 Å². The maximum atomic E-state index is 6.98. The molecule has 76 valence electrons. The Morgan fingerprint density at radius 2 is 2.00 bits per heavy atom. The summed E-state index contributed by atoms with van der Waals surface area (Å²) in [5.74, 6) is 0. The predicted octanol–water partition coefficient (Wildman–Crippen LogP) is 4.22. The Morgan fingerprint density at radius 3 is 2.60 bits per heavy atom.